The number of hydrogen-bond acceptors (Lipinski definition) is 8. The maximum absolute atomic E-state index is 13.9. The van der Waals surface area contributed by atoms with Gasteiger partial charge in [-0.25, -0.2) is 13.4 Å². The monoisotopic (exact) mass is 594 g/mol. The van der Waals surface area contributed by atoms with Crippen LogP contribution < -0.4 is 14.4 Å². The Labute approximate surface area is 244 Å². The van der Waals surface area contributed by atoms with Crippen LogP contribution in [0.2, 0.25) is 0 Å². The van der Waals surface area contributed by atoms with E-state index in [-0.39, 0.29) is 17.3 Å². The molecule has 0 saturated heterocycles. The summed E-state index contributed by atoms with van der Waals surface area (Å²) in [6.07, 6.45) is 6.81. The van der Waals surface area contributed by atoms with Crippen molar-refractivity contribution >= 4 is 42.6 Å². The normalized spacial score (nSPS) is 13.0. The topological polar surface area (TPSA) is 102 Å². The highest BCUT2D eigenvalue weighted by atomic mass is 32.2. The Morgan fingerprint density at radius 2 is 1.66 bits per heavy atom. The van der Waals surface area contributed by atoms with Crippen molar-refractivity contribution in [2.24, 2.45) is 0 Å². The Hall–Kier alpha value is -3.54. The quantitative estimate of drug-likeness (QED) is 0.201. The molecule has 0 spiro atoms. The Bertz CT molecular complexity index is 1540. The molecule has 11 heteroatoms. The Kier molecular flexibility index (Phi) is 9.16. The maximum Gasteiger partial charge on any atom is 0.260 e. The summed E-state index contributed by atoms with van der Waals surface area (Å²) in [5, 5.41) is 0.512. The van der Waals surface area contributed by atoms with E-state index in [1.165, 1.54) is 23.5 Å². The molecule has 0 N–H and O–H groups in total. The minimum atomic E-state index is -3.67. The zero-order valence-corrected chi connectivity index (χ0v) is 24.9. The third kappa shape index (κ3) is 6.52. The molecular formula is C30H34N4O5S2. The van der Waals surface area contributed by atoms with Gasteiger partial charge in [0.05, 0.1) is 21.7 Å². The molecule has 1 aliphatic rings. The predicted octanol–water partition coefficient (Wildman–Crippen LogP) is 5.90. The van der Waals surface area contributed by atoms with Crippen LogP contribution in [-0.4, -0.2) is 54.9 Å². The molecule has 1 aliphatic heterocycles. The number of nitrogens with zero attached hydrogens (tertiary/aromatic N) is 4. The van der Waals surface area contributed by atoms with Crippen LogP contribution in [0.4, 0.5) is 5.13 Å². The van der Waals surface area contributed by atoms with Crippen molar-refractivity contribution in [3.8, 4) is 11.5 Å². The van der Waals surface area contributed by atoms with Gasteiger partial charge in [0.15, 0.2) is 16.6 Å². The third-order valence-electron chi connectivity index (χ3n) is 6.84. The summed E-state index contributed by atoms with van der Waals surface area (Å²) in [5.74, 6) is 1.00. The number of pyridine rings is 1. The van der Waals surface area contributed by atoms with Crippen LogP contribution in [-0.2, 0) is 16.6 Å². The van der Waals surface area contributed by atoms with Gasteiger partial charge in [-0.15, -0.1) is 0 Å². The number of amides is 1. The minimum Gasteiger partial charge on any atom is -0.486 e. The number of hydrogen-bond donors (Lipinski definition) is 0. The molecule has 1 amide bonds. The lowest BCUT2D eigenvalue weighted by molar-refractivity contribution is 0.0985. The third-order valence-corrected chi connectivity index (χ3v) is 9.80. The van der Waals surface area contributed by atoms with Crippen molar-refractivity contribution in [1.82, 2.24) is 14.3 Å². The van der Waals surface area contributed by atoms with Gasteiger partial charge in [-0.2, -0.15) is 4.31 Å². The molecule has 3 heterocycles. The molecule has 5 rings (SSSR count). The van der Waals surface area contributed by atoms with Gasteiger partial charge in [-0.05, 0) is 48.7 Å². The Morgan fingerprint density at radius 3 is 2.29 bits per heavy atom. The van der Waals surface area contributed by atoms with Crippen LogP contribution in [0.5, 0.6) is 11.5 Å². The van der Waals surface area contributed by atoms with Gasteiger partial charge in [-0.3, -0.25) is 14.7 Å². The molecular weight excluding hydrogens is 560 g/mol. The van der Waals surface area contributed by atoms with Gasteiger partial charge in [0.25, 0.3) is 5.91 Å². The number of thiazole rings is 1. The lowest BCUT2D eigenvalue weighted by atomic mass is 10.2. The molecule has 216 valence electrons. The predicted molar refractivity (Wildman–Crippen MR) is 160 cm³/mol. The average molecular weight is 595 g/mol. The van der Waals surface area contributed by atoms with E-state index in [0.717, 1.165) is 35.9 Å². The van der Waals surface area contributed by atoms with E-state index in [1.807, 2.05) is 38.1 Å². The number of sulfonamides is 1. The second kappa shape index (κ2) is 13.0. The summed E-state index contributed by atoms with van der Waals surface area (Å²) in [5.41, 5.74) is 1.92. The summed E-state index contributed by atoms with van der Waals surface area (Å²) >= 11 is 1.38. The number of unbranched alkanes of at least 4 members (excludes halogenated alkanes) is 2. The van der Waals surface area contributed by atoms with Gasteiger partial charge < -0.3 is 9.47 Å². The van der Waals surface area contributed by atoms with Gasteiger partial charge in [0.2, 0.25) is 10.0 Å². The largest absolute Gasteiger partial charge is 0.486 e. The van der Waals surface area contributed by atoms with Crippen molar-refractivity contribution in [1.29, 1.82) is 0 Å². The molecule has 0 radical (unpaired) electrons. The van der Waals surface area contributed by atoms with Crippen LogP contribution in [0.15, 0.2) is 65.8 Å². The number of carbonyl (C=O) groups is 1. The Balaban J connectivity index is 1.45. The number of carbonyl (C=O) groups excluding carboxylic acids is 1. The van der Waals surface area contributed by atoms with E-state index in [0.29, 0.717) is 54.0 Å². The zero-order valence-electron chi connectivity index (χ0n) is 23.3. The fourth-order valence-electron chi connectivity index (χ4n) is 4.56. The number of rotatable bonds is 12. The van der Waals surface area contributed by atoms with E-state index in [4.69, 9.17) is 14.5 Å². The van der Waals surface area contributed by atoms with Crippen molar-refractivity contribution in [3.05, 3.63) is 72.1 Å². The van der Waals surface area contributed by atoms with Crippen LogP contribution in [0.3, 0.4) is 0 Å². The zero-order chi connectivity index (χ0) is 28.8. The molecule has 0 fully saturated rings. The van der Waals surface area contributed by atoms with Crippen LogP contribution >= 0.6 is 11.3 Å². The SMILES string of the molecule is CCCCN(CCCC)S(=O)(=O)c1ccc(C(=O)N(Cc2cccnc2)c2nc3cc4c(cc3s2)OCCO4)cc1. The standard InChI is InChI=1S/C30H34N4O5S2/c1-3-5-14-33(15-6-4-2)41(36,37)24-11-9-23(10-12-24)29(35)34(21-22-8-7-13-31-20-22)30-32-25-18-26-27(19-28(25)40-30)39-17-16-38-26/h7-13,18-20H,3-6,14-17,21H2,1-2H3. The van der Waals surface area contributed by atoms with E-state index in [1.54, 1.807) is 33.7 Å². The van der Waals surface area contributed by atoms with Crippen molar-refractivity contribution in [2.45, 2.75) is 51.0 Å². The van der Waals surface area contributed by atoms with Crippen LogP contribution in [0, 0.1) is 0 Å². The molecule has 2 aromatic heterocycles. The lowest BCUT2D eigenvalue weighted by Crippen LogP contribution is -2.33. The molecule has 0 unspecified atom stereocenters. The van der Waals surface area contributed by atoms with E-state index >= 15 is 0 Å². The summed E-state index contributed by atoms with van der Waals surface area (Å²) in [7, 11) is -3.67. The fourth-order valence-corrected chi connectivity index (χ4v) is 7.05. The maximum atomic E-state index is 13.9. The lowest BCUT2D eigenvalue weighted by Gasteiger charge is -2.22. The number of ether oxygens (including phenoxy) is 2. The number of aromatic nitrogens is 2. The highest BCUT2D eigenvalue weighted by Crippen LogP contribution is 2.39. The van der Waals surface area contributed by atoms with E-state index < -0.39 is 10.0 Å². The first-order valence-electron chi connectivity index (χ1n) is 13.9. The summed E-state index contributed by atoms with van der Waals surface area (Å²) in [6.45, 7) is 6.26. The van der Waals surface area contributed by atoms with Gasteiger partial charge >= 0.3 is 0 Å². The second-order valence-electron chi connectivity index (χ2n) is 9.85. The van der Waals surface area contributed by atoms with E-state index in [2.05, 4.69) is 4.98 Å². The second-order valence-corrected chi connectivity index (χ2v) is 12.8. The van der Waals surface area contributed by atoms with Crippen molar-refractivity contribution in [2.75, 3.05) is 31.2 Å². The van der Waals surface area contributed by atoms with Crippen molar-refractivity contribution < 1.29 is 22.7 Å². The van der Waals surface area contributed by atoms with Crippen molar-refractivity contribution in [3.63, 3.8) is 0 Å². The van der Waals surface area contributed by atoms with Crippen LogP contribution in [0.25, 0.3) is 10.2 Å². The van der Waals surface area contributed by atoms with Gasteiger partial charge in [-0.1, -0.05) is 44.1 Å². The molecule has 0 aliphatic carbocycles. The minimum absolute atomic E-state index is 0.186. The van der Waals surface area contributed by atoms with E-state index in [9.17, 15) is 13.2 Å². The smallest absolute Gasteiger partial charge is 0.260 e. The van der Waals surface area contributed by atoms with Gasteiger partial charge in [0, 0.05) is 43.2 Å². The number of benzene rings is 2. The molecule has 9 nitrogen and oxygen atoms in total. The average Bonchev–Trinajstić information content (AvgIpc) is 3.41. The van der Waals surface area contributed by atoms with Gasteiger partial charge in [0.1, 0.15) is 13.2 Å². The first kappa shape index (κ1) is 29.0. The molecule has 2 aromatic carbocycles. The summed E-state index contributed by atoms with van der Waals surface area (Å²) in [4.78, 5) is 24.7. The first-order valence-corrected chi connectivity index (χ1v) is 16.2. The Morgan fingerprint density at radius 1 is 0.976 bits per heavy atom. The number of fused-ring (bicyclic) bond motifs is 2. The summed E-state index contributed by atoms with van der Waals surface area (Å²) < 4.78 is 40.7. The molecule has 0 atom stereocenters. The fraction of sp³-hybridized carbons (Fsp3) is 0.367. The highest BCUT2D eigenvalue weighted by Gasteiger charge is 2.26. The highest BCUT2D eigenvalue weighted by molar-refractivity contribution is 7.89. The first-order chi connectivity index (χ1) is 19.9. The number of anilines is 1. The summed E-state index contributed by atoms with van der Waals surface area (Å²) in [6, 6.07) is 13.7. The molecule has 41 heavy (non-hydrogen) atoms. The molecule has 0 saturated carbocycles. The molecule has 4 aromatic rings. The molecule has 0 bridgehead atoms. The van der Waals surface area contributed by atoms with Crippen LogP contribution in [0.1, 0.15) is 55.5 Å².